The minimum atomic E-state index is -3.60. The largest absolute Gasteiger partial charge is 0.393 e. The standard InChI is InChI=1S/C13H15BrClNO3S/c14-8-1-4-13(12(15)5-8)20(18,19)16-9-2-3-10(16)7-11(17)6-9/h1,4-5,9-11,17H,2-3,6-7H2. The highest BCUT2D eigenvalue weighted by atomic mass is 79.9. The van der Waals surface area contributed by atoms with Crippen LogP contribution in [0.3, 0.4) is 0 Å². The summed E-state index contributed by atoms with van der Waals surface area (Å²) < 4.78 is 28.0. The van der Waals surface area contributed by atoms with E-state index in [1.165, 1.54) is 6.07 Å². The highest BCUT2D eigenvalue weighted by Crippen LogP contribution is 2.41. The normalized spacial score (nSPS) is 30.6. The Kier molecular flexibility index (Phi) is 3.88. The van der Waals surface area contributed by atoms with E-state index < -0.39 is 10.0 Å². The van der Waals surface area contributed by atoms with Crippen LogP contribution in [0.2, 0.25) is 5.02 Å². The Morgan fingerprint density at radius 1 is 1.25 bits per heavy atom. The molecule has 2 heterocycles. The quantitative estimate of drug-likeness (QED) is 0.858. The van der Waals surface area contributed by atoms with E-state index in [1.807, 2.05) is 0 Å². The predicted molar refractivity (Wildman–Crippen MR) is 80.2 cm³/mol. The maximum atomic E-state index is 12.8. The molecule has 20 heavy (non-hydrogen) atoms. The summed E-state index contributed by atoms with van der Waals surface area (Å²) in [5.74, 6) is 0. The van der Waals surface area contributed by atoms with Crippen molar-refractivity contribution >= 4 is 37.6 Å². The zero-order valence-corrected chi connectivity index (χ0v) is 13.8. The van der Waals surface area contributed by atoms with E-state index in [0.717, 1.165) is 17.3 Å². The molecule has 0 radical (unpaired) electrons. The Bertz CT molecular complexity index is 623. The van der Waals surface area contributed by atoms with Crippen molar-refractivity contribution in [3.05, 3.63) is 27.7 Å². The zero-order valence-electron chi connectivity index (χ0n) is 10.7. The maximum Gasteiger partial charge on any atom is 0.245 e. The lowest BCUT2D eigenvalue weighted by molar-refractivity contribution is 0.0769. The van der Waals surface area contributed by atoms with E-state index >= 15 is 0 Å². The molecule has 2 atom stereocenters. The third-order valence-corrected chi connectivity index (χ3v) is 7.07. The van der Waals surface area contributed by atoms with Crippen LogP contribution in [0.25, 0.3) is 0 Å². The molecule has 3 rings (SSSR count). The Labute approximate surface area is 131 Å². The van der Waals surface area contributed by atoms with Crippen molar-refractivity contribution in [3.8, 4) is 0 Å². The number of rotatable bonds is 2. The van der Waals surface area contributed by atoms with Gasteiger partial charge in [0.25, 0.3) is 0 Å². The number of aliphatic hydroxyl groups is 1. The molecule has 110 valence electrons. The summed E-state index contributed by atoms with van der Waals surface area (Å²) in [5.41, 5.74) is 0. The predicted octanol–water partition coefficient (Wildman–Crippen LogP) is 2.78. The van der Waals surface area contributed by atoms with Crippen LogP contribution in [-0.4, -0.2) is 36.0 Å². The molecule has 2 bridgehead atoms. The molecule has 1 aromatic rings. The molecule has 2 fully saturated rings. The molecular weight excluding hydrogens is 366 g/mol. The second-order valence-electron chi connectivity index (χ2n) is 5.42. The Balaban J connectivity index is 2.01. The molecule has 0 amide bonds. The molecule has 0 saturated carbocycles. The number of fused-ring (bicyclic) bond motifs is 2. The monoisotopic (exact) mass is 379 g/mol. The molecule has 2 aliphatic rings. The molecule has 2 aliphatic heterocycles. The van der Waals surface area contributed by atoms with Crippen LogP contribution in [0.1, 0.15) is 25.7 Å². The van der Waals surface area contributed by atoms with Gasteiger partial charge in [-0.3, -0.25) is 0 Å². The van der Waals surface area contributed by atoms with Crippen LogP contribution >= 0.6 is 27.5 Å². The summed E-state index contributed by atoms with van der Waals surface area (Å²) in [6, 6.07) is 4.60. The van der Waals surface area contributed by atoms with Crippen molar-refractivity contribution in [2.75, 3.05) is 0 Å². The number of sulfonamides is 1. The summed E-state index contributed by atoms with van der Waals surface area (Å²) in [6.45, 7) is 0. The van der Waals surface area contributed by atoms with Crippen molar-refractivity contribution in [2.45, 2.75) is 48.8 Å². The van der Waals surface area contributed by atoms with Gasteiger partial charge in [0.15, 0.2) is 0 Å². The van der Waals surface area contributed by atoms with Gasteiger partial charge in [-0.15, -0.1) is 0 Å². The van der Waals surface area contributed by atoms with Gasteiger partial charge in [-0.05, 0) is 43.9 Å². The highest BCUT2D eigenvalue weighted by molar-refractivity contribution is 9.10. The number of halogens is 2. The van der Waals surface area contributed by atoms with Gasteiger partial charge >= 0.3 is 0 Å². The van der Waals surface area contributed by atoms with Crippen LogP contribution in [-0.2, 0) is 10.0 Å². The minimum Gasteiger partial charge on any atom is -0.393 e. The lowest BCUT2D eigenvalue weighted by atomic mass is 10.0. The fourth-order valence-electron chi connectivity index (χ4n) is 3.30. The van der Waals surface area contributed by atoms with Gasteiger partial charge in [0, 0.05) is 16.6 Å². The lowest BCUT2D eigenvalue weighted by Gasteiger charge is -2.36. The molecule has 2 saturated heterocycles. The molecule has 7 heteroatoms. The first kappa shape index (κ1) is 14.8. The summed E-state index contributed by atoms with van der Waals surface area (Å²) >= 11 is 9.37. The molecule has 0 aliphatic carbocycles. The number of aliphatic hydroxyl groups excluding tert-OH is 1. The Hall–Kier alpha value is -0.140. The summed E-state index contributed by atoms with van der Waals surface area (Å²) in [7, 11) is -3.60. The van der Waals surface area contributed by atoms with Crippen molar-refractivity contribution in [1.29, 1.82) is 0 Å². The van der Waals surface area contributed by atoms with Crippen molar-refractivity contribution in [2.24, 2.45) is 0 Å². The Morgan fingerprint density at radius 2 is 1.85 bits per heavy atom. The smallest absolute Gasteiger partial charge is 0.245 e. The fraction of sp³-hybridized carbons (Fsp3) is 0.538. The average Bonchev–Trinajstić information content (AvgIpc) is 2.62. The van der Waals surface area contributed by atoms with E-state index in [0.29, 0.717) is 12.8 Å². The average molecular weight is 381 g/mol. The van der Waals surface area contributed by atoms with Gasteiger partial charge in [0.2, 0.25) is 10.0 Å². The lowest BCUT2D eigenvalue weighted by Crippen LogP contribution is -2.47. The van der Waals surface area contributed by atoms with Crippen molar-refractivity contribution < 1.29 is 13.5 Å². The second-order valence-corrected chi connectivity index (χ2v) is 8.55. The number of hydrogen-bond donors (Lipinski definition) is 1. The van der Waals surface area contributed by atoms with Crippen LogP contribution < -0.4 is 0 Å². The topological polar surface area (TPSA) is 57.6 Å². The number of nitrogens with zero attached hydrogens (tertiary/aromatic N) is 1. The second kappa shape index (κ2) is 5.25. The van der Waals surface area contributed by atoms with Gasteiger partial charge in [0.05, 0.1) is 11.1 Å². The van der Waals surface area contributed by atoms with Crippen molar-refractivity contribution in [1.82, 2.24) is 4.31 Å². The van der Waals surface area contributed by atoms with Gasteiger partial charge in [-0.1, -0.05) is 27.5 Å². The van der Waals surface area contributed by atoms with E-state index in [4.69, 9.17) is 11.6 Å². The maximum absolute atomic E-state index is 12.8. The van der Waals surface area contributed by atoms with Crippen LogP contribution in [0.4, 0.5) is 0 Å². The van der Waals surface area contributed by atoms with Crippen LogP contribution in [0.5, 0.6) is 0 Å². The number of piperidine rings is 1. The highest BCUT2D eigenvalue weighted by Gasteiger charge is 2.47. The third-order valence-electron chi connectivity index (χ3n) is 4.09. The van der Waals surface area contributed by atoms with E-state index in [9.17, 15) is 13.5 Å². The zero-order chi connectivity index (χ0) is 14.5. The molecular formula is C13H15BrClNO3S. The SMILES string of the molecule is O=S(=O)(c1ccc(Br)cc1Cl)N1C2CCC1CC(O)C2. The molecule has 2 unspecified atom stereocenters. The minimum absolute atomic E-state index is 0.103. The molecule has 1 N–H and O–H groups in total. The number of benzene rings is 1. The van der Waals surface area contributed by atoms with Gasteiger partial charge in [0.1, 0.15) is 4.90 Å². The van der Waals surface area contributed by atoms with E-state index in [1.54, 1.807) is 16.4 Å². The molecule has 0 spiro atoms. The first-order valence-electron chi connectivity index (χ1n) is 6.56. The Morgan fingerprint density at radius 3 is 2.40 bits per heavy atom. The molecule has 0 aromatic heterocycles. The van der Waals surface area contributed by atoms with Crippen LogP contribution in [0, 0.1) is 0 Å². The third kappa shape index (κ3) is 2.41. The first-order chi connectivity index (χ1) is 9.39. The summed E-state index contributed by atoms with van der Waals surface area (Å²) in [4.78, 5) is 0.149. The van der Waals surface area contributed by atoms with Crippen LogP contribution in [0.15, 0.2) is 27.6 Å². The summed E-state index contributed by atoms with van der Waals surface area (Å²) in [5, 5.41) is 10.0. The van der Waals surface area contributed by atoms with E-state index in [-0.39, 0.29) is 28.1 Å². The first-order valence-corrected chi connectivity index (χ1v) is 9.17. The number of hydrogen-bond acceptors (Lipinski definition) is 3. The van der Waals surface area contributed by atoms with Crippen molar-refractivity contribution in [3.63, 3.8) is 0 Å². The van der Waals surface area contributed by atoms with E-state index in [2.05, 4.69) is 15.9 Å². The van der Waals surface area contributed by atoms with Gasteiger partial charge < -0.3 is 5.11 Å². The molecule has 4 nitrogen and oxygen atoms in total. The molecule has 1 aromatic carbocycles. The fourth-order valence-corrected chi connectivity index (χ4v) is 6.20. The summed E-state index contributed by atoms with van der Waals surface area (Å²) in [6.07, 6.45) is 2.28. The van der Waals surface area contributed by atoms with Gasteiger partial charge in [-0.2, -0.15) is 4.31 Å². The van der Waals surface area contributed by atoms with Gasteiger partial charge in [-0.25, -0.2) is 8.42 Å².